The molecule has 3 rings (SSSR count). The zero-order chi connectivity index (χ0) is 21.9. The van der Waals surface area contributed by atoms with Gasteiger partial charge in [-0.15, -0.1) is 0 Å². The third-order valence-corrected chi connectivity index (χ3v) is 5.06. The van der Waals surface area contributed by atoms with Crippen molar-refractivity contribution in [3.8, 4) is 11.1 Å². The molecule has 0 spiro atoms. The number of carbonyl (C=O) groups is 2. The van der Waals surface area contributed by atoms with Crippen LogP contribution in [0.2, 0.25) is 0 Å². The number of amides is 3. The van der Waals surface area contributed by atoms with Gasteiger partial charge in [-0.3, -0.25) is 14.7 Å². The largest absolute Gasteiger partial charge is 0.366 e. The van der Waals surface area contributed by atoms with E-state index < -0.39 is 5.91 Å². The average molecular weight is 406 g/mol. The smallest absolute Gasteiger partial charge is 0.326 e. The summed E-state index contributed by atoms with van der Waals surface area (Å²) in [6.45, 7) is 8.34. The molecule has 1 fully saturated rings. The van der Waals surface area contributed by atoms with E-state index in [1.807, 2.05) is 44.2 Å². The quantitative estimate of drug-likeness (QED) is 0.770. The van der Waals surface area contributed by atoms with E-state index in [0.717, 1.165) is 16.7 Å². The normalized spacial score (nSPS) is 15.7. The van der Waals surface area contributed by atoms with Gasteiger partial charge >= 0.3 is 6.03 Å². The Balaban J connectivity index is 1.89. The van der Waals surface area contributed by atoms with E-state index in [1.165, 1.54) is 4.90 Å². The number of nitrogens with zero attached hydrogens (tertiary/aromatic N) is 3. The summed E-state index contributed by atoms with van der Waals surface area (Å²) in [5.41, 5.74) is 8.57. The van der Waals surface area contributed by atoms with Gasteiger partial charge in [-0.25, -0.2) is 4.79 Å². The molecule has 7 nitrogen and oxygen atoms in total. The van der Waals surface area contributed by atoms with Gasteiger partial charge in [0.25, 0.3) is 0 Å². The van der Waals surface area contributed by atoms with Gasteiger partial charge in [-0.2, -0.15) is 0 Å². The number of ether oxygens (including phenoxy) is 1. The van der Waals surface area contributed by atoms with Gasteiger partial charge in [0.15, 0.2) is 0 Å². The second-order valence-electron chi connectivity index (χ2n) is 7.81. The van der Waals surface area contributed by atoms with Crippen LogP contribution >= 0.6 is 0 Å². The Morgan fingerprint density at radius 2 is 1.77 bits per heavy atom. The van der Waals surface area contributed by atoms with Gasteiger partial charge in [0, 0.05) is 24.4 Å². The summed E-state index contributed by atoms with van der Waals surface area (Å²) in [5.74, 6) is -0.477. The molecule has 0 bridgehead atoms. The topological polar surface area (TPSA) is 88.2 Å². The maximum Gasteiger partial charge on any atom is 0.326 e. The number of rotatable bonds is 5. The standard InChI is InChI=1S/C23H26N4O3/c1-23(2)14-30-15-27(23)22(29)26(4)13-20(25-3)18-9-5-7-16(11-18)17-8-6-10-19(12-17)21(24)28/h5-13H,3,14-15H2,1-2,4H3,(H2,24,28). The number of benzene rings is 2. The third kappa shape index (κ3) is 4.41. The van der Waals surface area contributed by atoms with Crippen molar-refractivity contribution in [3.63, 3.8) is 0 Å². The summed E-state index contributed by atoms with van der Waals surface area (Å²) >= 11 is 0. The van der Waals surface area contributed by atoms with Gasteiger partial charge in [0.1, 0.15) is 6.73 Å². The molecule has 2 aromatic rings. The number of primary amides is 1. The Labute approximate surface area is 176 Å². The molecule has 1 heterocycles. The first-order chi connectivity index (χ1) is 14.2. The summed E-state index contributed by atoms with van der Waals surface area (Å²) in [7, 11) is 1.68. The lowest BCUT2D eigenvalue weighted by molar-refractivity contribution is 0.1000. The van der Waals surface area contributed by atoms with Crippen molar-refractivity contribution in [3.05, 3.63) is 65.9 Å². The van der Waals surface area contributed by atoms with Gasteiger partial charge in [0.05, 0.1) is 17.8 Å². The van der Waals surface area contributed by atoms with Crippen LogP contribution in [-0.4, -0.2) is 54.4 Å². The van der Waals surface area contributed by atoms with E-state index in [2.05, 4.69) is 11.7 Å². The van der Waals surface area contributed by atoms with Crippen LogP contribution in [0.1, 0.15) is 29.8 Å². The molecule has 1 aliphatic heterocycles. The van der Waals surface area contributed by atoms with Crippen molar-refractivity contribution >= 4 is 24.4 Å². The molecule has 0 unspecified atom stereocenters. The molecule has 7 heteroatoms. The van der Waals surface area contributed by atoms with Crippen molar-refractivity contribution in [1.29, 1.82) is 0 Å². The third-order valence-electron chi connectivity index (χ3n) is 5.06. The molecule has 0 radical (unpaired) electrons. The first-order valence-electron chi connectivity index (χ1n) is 9.54. The Bertz CT molecular complexity index is 1010. The van der Waals surface area contributed by atoms with Crippen molar-refractivity contribution in [1.82, 2.24) is 9.80 Å². The fourth-order valence-electron chi connectivity index (χ4n) is 3.30. The predicted molar refractivity (Wildman–Crippen MR) is 118 cm³/mol. The number of aliphatic imine (C=N–C) groups is 1. The molecule has 2 N–H and O–H groups in total. The molecular formula is C23H26N4O3. The van der Waals surface area contributed by atoms with E-state index >= 15 is 0 Å². The minimum Gasteiger partial charge on any atom is -0.366 e. The van der Waals surface area contributed by atoms with Gasteiger partial charge < -0.3 is 15.4 Å². The lowest BCUT2D eigenvalue weighted by Gasteiger charge is -2.31. The van der Waals surface area contributed by atoms with Crippen molar-refractivity contribution in [2.24, 2.45) is 10.7 Å². The Morgan fingerprint density at radius 1 is 1.17 bits per heavy atom. The monoisotopic (exact) mass is 406 g/mol. The maximum absolute atomic E-state index is 12.9. The van der Waals surface area contributed by atoms with Crippen molar-refractivity contribution in [2.45, 2.75) is 19.4 Å². The summed E-state index contributed by atoms with van der Waals surface area (Å²) in [6, 6.07) is 14.6. The lowest BCUT2D eigenvalue weighted by Crippen LogP contribution is -2.48. The minimum absolute atomic E-state index is 0.177. The van der Waals surface area contributed by atoms with Crippen molar-refractivity contribution in [2.75, 3.05) is 20.4 Å². The van der Waals surface area contributed by atoms with E-state index in [0.29, 0.717) is 17.9 Å². The maximum atomic E-state index is 12.9. The van der Waals surface area contributed by atoms with E-state index in [1.54, 1.807) is 36.3 Å². The van der Waals surface area contributed by atoms with Crippen LogP contribution in [0, 0.1) is 0 Å². The number of hydrogen-bond donors (Lipinski definition) is 1. The molecule has 2 aromatic carbocycles. The second kappa shape index (κ2) is 8.51. The molecule has 1 aliphatic rings. The van der Waals surface area contributed by atoms with Crippen LogP contribution in [0.3, 0.4) is 0 Å². The zero-order valence-electron chi connectivity index (χ0n) is 17.5. The SMILES string of the molecule is C=NC(=CN(C)C(=O)N1COCC1(C)C)c1cccc(-c2cccc(C(N)=O)c2)c1. The van der Waals surface area contributed by atoms with E-state index in [-0.39, 0.29) is 18.3 Å². The first-order valence-corrected chi connectivity index (χ1v) is 9.54. The number of nitrogens with two attached hydrogens (primary N) is 1. The summed E-state index contributed by atoms with van der Waals surface area (Å²) in [6.07, 6.45) is 1.66. The van der Waals surface area contributed by atoms with Crippen LogP contribution in [0.4, 0.5) is 4.79 Å². The number of carbonyl (C=O) groups excluding carboxylic acids is 2. The fourth-order valence-corrected chi connectivity index (χ4v) is 3.30. The summed E-state index contributed by atoms with van der Waals surface area (Å²) in [5, 5.41) is 0. The molecule has 3 amide bonds. The van der Waals surface area contributed by atoms with Crippen LogP contribution < -0.4 is 5.73 Å². The molecule has 156 valence electrons. The van der Waals surface area contributed by atoms with Crippen LogP contribution in [0.5, 0.6) is 0 Å². The molecule has 0 saturated carbocycles. The van der Waals surface area contributed by atoms with Gasteiger partial charge in [-0.1, -0.05) is 30.3 Å². The molecule has 1 saturated heterocycles. The average Bonchev–Trinajstić information content (AvgIpc) is 3.10. The highest BCUT2D eigenvalue weighted by Crippen LogP contribution is 2.27. The summed E-state index contributed by atoms with van der Waals surface area (Å²) < 4.78 is 5.44. The molecule has 0 atom stereocenters. The Morgan fingerprint density at radius 3 is 2.30 bits per heavy atom. The fraction of sp³-hybridized carbons (Fsp3) is 0.261. The highest BCUT2D eigenvalue weighted by molar-refractivity contribution is 5.94. The van der Waals surface area contributed by atoms with Gasteiger partial charge in [0.2, 0.25) is 5.91 Å². The lowest BCUT2D eigenvalue weighted by atomic mass is 10.00. The van der Waals surface area contributed by atoms with E-state index in [4.69, 9.17) is 10.5 Å². The molecular weight excluding hydrogens is 380 g/mol. The minimum atomic E-state index is -0.477. The molecule has 0 aliphatic carbocycles. The Hall–Kier alpha value is -3.45. The van der Waals surface area contributed by atoms with Crippen LogP contribution in [-0.2, 0) is 4.74 Å². The zero-order valence-corrected chi connectivity index (χ0v) is 17.5. The van der Waals surface area contributed by atoms with Gasteiger partial charge in [-0.05, 0) is 49.9 Å². The highest BCUT2D eigenvalue weighted by Gasteiger charge is 2.37. The van der Waals surface area contributed by atoms with E-state index in [9.17, 15) is 9.59 Å². The second-order valence-corrected chi connectivity index (χ2v) is 7.81. The Kier molecular flexibility index (Phi) is 6.03. The van der Waals surface area contributed by atoms with Crippen LogP contribution in [0.15, 0.2) is 59.7 Å². The highest BCUT2D eigenvalue weighted by atomic mass is 16.5. The predicted octanol–water partition coefficient (Wildman–Crippen LogP) is 3.57. The molecule has 30 heavy (non-hydrogen) atoms. The van der Waals surface area contributed by atoms with Crippen molar-refractivity contribution < 1.29 is 14.3 Å². The molecule has 0 aromatic heterocycles. The van der Waals surface area contributed by atoms with Crippen LogP contribution in [0.25, 0.3) is 16.8 Å². The number of hydrogen-bond acceptors (Lipinski definition) is 4. The first kappa shape index (κ1) is 21.3. The summed E-state index contributed by atoms with van der Waals surface area (Å²) in [4.78, 5) is 31.6. The number of urea groups is 1.